The number of para-hydroxylation sites is 1. The second-order valence-corrected chi connectivity index (χ2v) is 4.78. The highest BCUT2D eigenvalue weighted by Gasteiger charge is 2.24. The summed E-state index contributed by atoms with van der Waals surface area (Å²) in [5.41, 5.74) is 1.31. The van der Waals surface area contributed by atoms with E-state index in [4.69, 9.17) is 5.11 Å². The minimum Gasteiger partial charge on any atom is -0.480 e. The average molecular weight is 260 g/mol. The van der Waals surface area contributed by atoms with Crippen molar-refractivity contribution < 1.29 is 14.7 Å². The zero-order chi connectivity index (χ0) is 14.0. The van der Waals surface area contributed by atoms with Gasteiger partial charge in [-0.1, -0.05) is 32.0 Å². The van der Waals surface area contributed by atoms with Gasteiger partial charge in [-0.3, -0.25) is 4.79 Å². The van der Waals surface area contributed by atoms with E-state index >= 15 is 0 Å². The molecule has 0 saturated heterocycles. The first-order valence-electron chi connectivity index (χ1n) is 6.10. The number of fused-ring (bicyclic) bond motifs is 1. The van der Waals surface area contributed by atoms with Crippen LogP contribution in [0.4, 0.5) is 0 Å². The molecule has 0 fully saturated rings. The number of nitrogens with one attached hydrogen (secondary N) is 2. The van der Waals surface area contributed by atoms with Crippen molar-refractivity contribution in [3.05, 3.63) is 36.0 Å². The number of aromatic nitrogens is 1. The Morgan fingerprint density at radius 2 is 1.95 bits per heavy atom. The fourth-order valence-electron chi connectivity index (χ4n) is 1.99. The summed E-state index contributed by atoms with van der Waals surface area (Å²) in [5.74, 6) is -1.58. The molecular formula is C14H16N2O3. The lowest BCUT2D eigenvalue weighted by Crippen LogP contribution is -2.44. The van der Waals surface area contributed by atoms with Crippen molar-refractivity contribution in [1.82, 2.24) is 10.3 Å². The van der Waals surface area contributed by atoms with Gasteiger partial charge in [-0.15, -0.1) is 0 Å². The molecule has 1 heterocycles. The van der Waals surface area contributed by atoms with E-state index in [-0.39, 0.29) is 11.8 Å². The van der Waals surface area contributed by atoms with Crippen LogP contribution in [-0.4, -0.2) is 28.0 Å². The highest BCUT2D eigenvalue weighted by Crippen LogP contribution is 2.18. The first-order chi connectivity index (χ1) is 9.00. The molecule has 0 bridgehead atoms. The second kappa shape index (κ2) is 5.14. The number of benzene rings is 1. The molecular weight excluding hydrogens is 244 g/mol. The molecule has 5 nitrogen and oxygen atoms in total. The lowest BCUT2D eigenvalue weighted by atomic mass is 10.0. The third-order valence-electron chi connectivity index (χ3n) is 3.05. The first kappa shape index (κ1) is 13.1. The van der Waals surface area contributed by atoms with E-state index in [2.05, 4.69) is 10.3 Å². The molecule has 0 aliphatic carbocycles. The molecule has 19 heavy (non-hydrogen) atoms. The zero-order valence-corrected chi connectivity index (χ0v) is 10.8. The number of hydrogen-bond donors (Lipinski definition) is 3. The highest BCUT2D eigenvalue weighted by atomic mass is 16.4. The Bertz CT molecular complexity index is 616. The van der Waals surface area contributed by atoms with Crippen molar-refractivity contribution in [2.75, 3.05) is 0 Å². The van der Waals surface area contributed by atoms with Crippen LogP contribution in [0.15, 0.2) is 30.5 Å². The molecule has 1 amide bonds. The number of carboxylic acid groups (broad SMARTS) is 1. The maximum atomic E-state index is 12.1. The molecule has 0 aliphatic rings. The predicted molar refractivity (Wildman–Crippen MR) is 72.0 cm³/mol. The number of carbonyl (C=O) groups is 2. The van der Waals surface area contributed by atoms with Gasteiger partial charge < -0.3 is 15.4 Å². The van der Waals surface area contributed by atoms with Gasteiger partial charge in [-0.2, -0.15) is 0 Å². The van der Waals surface area contributed by atoms with Crippen LogP contribution in [-0.2, 0) is 4.79 Å². The van der Waals surface area contributed by atoms with E-state index in [0.29, 0.717) is 5.56 Å². The Hall–Kier alpha value is -2.30. The maximum Gasteiger partial charge on any atom is 0.326 e. The molecule has 5 heteroatoms. The minimum atomic E-state index is -1.02. The monoisotopic (exact) mass is 260 g/mol. The normalized spacial score (nSPS) is 12.6. The molecule has 0 saturated carbocycles. The third-order valence-corrected chi connectivity index (χ3v) is 3.05. The minimum absolute atomic E-state index is 0.174. The average Bonchev–Trinajstić information content (AvgIpc) is 2.78. The van der Waals surface area contributed by atoms with Crippen molar-refractivity contribution in [3.8, 4) is 0 Å². The molecule has 0 aliphatic heterocycles. The standard InChI is InChI=1S/C14H16N2O3/c1-8(2)12(14(18)19)16-13(17)10-7-15-11-6-4-3-5-9(10)11/h3-8,12,15H,1-2H3,(H,16,17)(H,18,19)/t12-/m1/s1. The van der Waals surface area contributed by atoms with Gasteiger partial charge in [0.15, 0.2) is 0 Å². The quantitative estimate of drug-likeness (QED) is 0.786. The van der Waals surface area contributed by atoms with Crippen LogP contribution in [0.5, 0.6) is 0 Å². The van der Waals surface area contributed by atoms with Crippen molar-refractivity contribution in [2.24, 2.45) is 5.92 Å². The Morgan fingerprint density at radius 3 is 2.58 bits per heavy atom. The van der Waals surface area contributed by atoms with Crippen LogP contribution in [0.3, 0.4) is 0 Å². The summed E-state index contributed by atoms with van der Waals surface area (Å²) in [6.45, 7) is 3.52. The molecule has 3 N–H and O–H groups in total. The smallest absolute Gasteiger partial charge is 0.326 e. The summed E-state index contributed by atoms with van der Waals surface area (Å²) >= 11 is 0. The van der Waals surface area contributed by atoms with Gasteiger partial charge in [0.2, 0.25) is 0 Å². The Morgan fingerprint density at radius 1 is 1.26 bits per heavy atom. The Kier molecular flexibility index (Phi) is 3.55. The van der Waals surface area contributed by atoms with Crippen LogP contribution >= 0.6 is 0 Å². The van der Waals surface area contributed by atoms with E-state index in [9.17, 15) is 9.59 Å². The fourth-order valence-corrected chi connectivity index (χ4v) is 1.99. The topological polar surface area (TPSA) is 82.2 Å². The van der Waals surface area contributed by atoms with Gasteiger partial charge in [0.1, 0.15) is 6.04 Å². The highest BCUT2D eigenvalue weighted by molar-refractivity contribution is 6.07. The summed E-state index contributed by atoms with van der Waals surface area (Å²) in [6, 6.07) is 6.51. The zero-order valence-electron chi connectivity index (χ0n) is 10.8. The van der Waals surface area contributed by atoms with Crippen molar-refractivity contribution in [1.29, 1.82) is 0 Å². The summed E-state index contributed by atoms with van der Waals surface area (Å²) in [4.78, 5) is 26.2. The van der Waals surface area contributed by atoms with Crippen LogP contribution in [0.2, 0.25) is 0 Å². The van der Waals surface area contributed by atoms with Crippen molar-refractivity contribution >= 4 is 22.8 Å². The largest absolute Gasteiger partial charge is 0.480 e. The number of aromatic amines is 1. The molecule has 1 aromatic carbocycles. The summed E-state index contributed by atoms with van der Waals surface area (Å²) < 4.78 is 0. The molecule has 100 valence electrons. The number of H-pyrrole nitrogens is 1. The molecule has 2 aromatic rings. The van der Waals surface area contributed by atoms with Crippen LogP contribution in [0.1, 0.15) is 24.2 Å². The van der Waals surface area contributed by atoms with Crippen molar-refractivity contribution in [2.45, 2.75) is 19.9 Å². The van der Waals surface area contributed by atoms with Crippen LogP contribution < -0.4 is 5.32 Å². The van der Waals surface area contributed by atoms with Gasteiger partial charge in [-0.25, -0.2) is 4.79 Å². The molecule has 1 aromatic heterocycles. The molecule has 0 unspecified atom stereocenters. The van der Waals surface area contributed by atoms with E-state index in [0.717, 1.165) is 10.9 Å². The number of carbonyl (C=O) groups excluding carboxylic acids is 1. The predicted octanol–water partition coefficient (Wildman–Crippen LogP) is 2.01. The number of hydrogen-bond acceptors (Lipinski definition) is 2. The van der Waals surface area contributed by atoms with E-state index < -0.39 is 12.0 Å². The van der Waals surface area contributed by atoms with Crippen LogP contribution in [0, 0.1) is 5.92 Å². The number of carboxylic acids is 1. The number of aliphatic carboxylic acids is 1. The van der Waals surface area contributed by atoms with Crippen LogP contribution in [0.25, 0.3) is 10.9 Å². The molecule has 1 atom stereocenters. The lowest BCUT2D eigenvalue weighted by Gasteiger charge is -2.17. The van der Waals surface area contributed by atoms with Gasteiger partial charge >= 0.3 is 5.97 Å². The van der Waals surface area contributed by atoms with Gasteiger partial charge in [0.25, 0.3) is 5.91 Å². The SMILES string of the molecule is CC(C)[C@@H](NC(=O)c1c[nH]c2ccccc12)C(=O)O. The van der Waals surface area contributed by atoms with E-state index in [1.54, 1.807) is 20.0 Å². The number of amides is 1. The van der Waals surface area contributed by atoms with E-state index in [1.165, 1.54) is 0 Å². The van der Waals surface area contributed by atoms with Gasteiger partial charge in [0, 0.05) is 17.1 Å². The summed E-state index contributed by atoms with van der Waals surface area (Å²) in [6.07, 6.45) is 1.60. The lowest BCUT2D eigenvalue weighted by molar-refractivity contribution is -0.140. The molecule has 0 radical (unpaired) electrons. The summed E-state index contributed by atoms with van der Waals surface area (Å²) in [7, 11) is 0. The molecule has 0 spiro atoms. The summed E-state index contributed by atoms with van der Waals surface area (Å²) in [5, 5.41) is 12.4. The Labute approximate surface area is 110 Å². The van der Waals surface area contributed by atoms with Gasteiger partial charge in [0.05, 0.1) is 5.56 Å². The van der Waals surface area contributed by atoms with E-state index in [1.807, 2.05) is 24.3 Å². The number of rotatable bonds is 4. The van der Waals surface area contributed by atoms with Crippen molar-refractivity contribution in [3.63, 3.8) is 0 Å². The van der Waals surface area contributed by atoms with Gasteiger partial charge in [-0.05, 0) is 12.0 Å². The second-order valence-electron chi connectivity index (χ2n) is 4.78. The fraction of sp³-hybridized carbons (Fsp3) is 0.286. The maximum absolute atomic E-state index is 12.1. The molecule has 2 rings (SSSR count). The Balaban J connectivity index is 2.27. The first-order valence-corrected chi connectivity index (χ1v) is 6.10. The third kappa shape index (κ3) is 2.59.